The Balaban J connectivity index is 2.39. The van der Waals surface area contributed by atoms with E-state index in [2.05, 4.69) is 52.5 Å². The van der Waals surface area contributed by atoms with Gasteiger partial charge >= 0.3 is 0 Å². The molecule has 0 fully saturated rings. The third-order valence-corrected chi connectivity index (χ3v) is 3.52. The van der Waals surface area contributed by atoms with E-state index in [0.29, 0.717) is 6.54 Å². The van der Waals surface area contributed by atoms with Gasteiger partial charge in [-0.3, -0.25) is 4.98 Å². The van der Waals surface area contributed by atoms with Crippen LogP contribution in [-0.4, -0.2) is 62.8 Å². The van der Waals surface area contributed by atoms with Gasteiger partial charge in [0.15, 0.2) is 5.96 Å². The molecule has 0 spiro atoms. The molecule has 1 heterocycles. The van der Waals surface area contributed by atoms with Gasteiger partial charge in [-0.05, 0) is 38.9 Å². The van der Waals surface area contributed by atoms with Gasteiger partial charge in [-0.1, -0.05) is 6.07 Å². The largest absolute Gasteiger partial charge is 0.385 e. The van der Waals surface area contributed by atoms with Gasteiger partial charge in [-0.25, -0.2) is 4.99 Å². The van der Waals surface area contributed by atoms with Crippen molar-refractivity contribution in [1.82, 2.24) is 20.5 Å². The van der Waals surface area contributed by atoms with Crippen molar-refractivity contribution in [2.24, 2.45) is 4.99 Å². The fourth-order valence-corrected chi connectivity index (χ4v) is 2.14. The topological polar surface area (TPSA) is 61.8 Å². The number of hydrogen-bond acceptors (Lipinski definition) is 4. The SMILES string of the molecule is CCNC(=NCc1ncccc1C)NCCN(C)CCCOC. The summed E-state index contributed by atoms with van der Waals surface area (Å²) >= 11 is 0. The molecule has 6 heteroatoms. The minimum Gasteiger partial charge on any atom is -0.385 e. The lowest BCUT2D eigenvalue weighted by atomic mass is 10.2. The van der Waals surface area contributed by atoms with Gasteiger partial charge < -0.3 is 20.3 Å². The number of aliphatic imine (C=N–C) groups is 1. The third kappa shape index (κ3) is 8.52. The summed E-state index contributed by atoms with van der Waals surface area (Å²) in [5.74, 6) is 0.836. The number of ether oxygens (including phenoxy) is 1. The second-order valence-corrected chi connectivity index (χ2v) is 5.54. The molecule has 0 saturated carbocycles. The highest BCUT2D eigenvalue weighted by Gasteiger charge is 2.02. The van der Waals surface area contributed by atoms with Crippen molar-refractivity contribution in [3.05, 3.63) is 29.6 Å². The Morgan fingerprint density at radius 1 is 1.35 bits per heavy atom. The van der Waals surface area contributed by atoms with Gasteiger partial charge in [-0.2, -0.15) is 0 Å². The summed E-state index contributed by atoms with van der Waals surface area (Å²) in [6.07, 6.45) is 2.87. The zero-order valence-corrected chi connectivity index (χ0v) is 14.9. The zero-order chi connectivity index (χ0) is 16.9. The first-order valence-corrected chi connectivity index (χ1v) is 8.27. The summed E-state index contributed by atoms with van der Waals surface area (Å²) in [7, 11) is 3.86. The number of rotatable bonds is 10. The summed E-state index contributed by atoms with van der Waals surface area (Å²) in [6, 6.07) is 4.01. The van der Waals surface area contributed by atoms with Crippen LogP contribution in [0.5, 0.6) is 0 Å². The number of nitrogens with one attached hydrogen (secondary N) is 2. The number of aromatic nitrogens is 1. The lowest BCUT2D eigenvalue weighted by molar-refractivity contribution is 0.180. The maximum atomic E-state index is 5.07. The summed E-state index contributed by atoms with van der Waals surface area (Å²) in [6.45, 7) is 9.24. The first-order valence-electron chi connectivity index (χ1n) is 8.27. The Labute approximate surface area is 140 Å². The molecule has 2 N–H and O–H groups in total. The predicted molar refractivity (Wildman–Crippen MR) is 95.8 cm³/mol. The number of aryl methyl sites for hydroxylation is 1. The van der Waals surface area contributed by atoms with Crippen molar-refractivity contribution in [3.63, 3.8) is 0 Å². The fraction of sp³-hybridized carbons (Fsp3) is 0.647. The van der Waals surface area contributed by atoms with Gasteiger partial charge in [-0.15, -0.1) is 0 Å². The molecule has 6 nitrogen and oxygen atoms in total. The highest BCUT2D eigenvalue weighted by atomic mass is 16.5. The van der Waals surface area contributed by atoms with Crippen molar-refractivity contribution in [1.29, 1.82) is 0 Å². The van der Waals surface area contributed by atoms with E-state index in [1.165, 1.54) is 5.56 Å². The first kappa shape index (κ1) is 19.4. The second kappa shape index (κ2) is 11.8. The number of pyridine rings is 1. The Hall–Kier alpha value is -1.66. The lowest BCUT2D eigenvalue weighted by Gasteiger charge is -2.18. The van der Waals surface area contributed by atoms with Crippen LogP contribution in [0.1, 0.15) is 24.6 Å². The Morgan fingerprint density at radius 2 is 2.17 bits per heavy atom. The standard InChI is InChI=1S/C17H31N5O/c1-5-18-17(20-10-12-22(3)11-7-13-23-4)21-14-16-15(2)8-6-9-19-16/h6,8-9H,5,7,10-14H2,1-4H3,(H2,18,20,21). The van der Waals surface area contributed by atoms with Gasteiger partial charge in [0, 0.05) is 46.1 Å². The molecule has 0 atom stereocenters. The van der Waals surface area contributed by atoms with Crippen LogP contribution in [0.2, 0.25) is 0 Å². The summed E-state index contributed by atoms with van der Waals surface area (Å²) < 4.78 is 5.07. The maximum absolute atomic E-state index is 5.07. The molecule has 0 saturated heterocycles. The van der Waals surface area contributed by atoms with Crippen molar-refractivity contribution in [2.75, 3.05) is 46.9 Å². The predicted octanol–water partition coefficient (Wildman–Crippen LogP) is 1.41. The van der Waals surface area contributed by atoms with Crippen LogP contribution in [0.25, 0.3) is 0 Å². The van der Waals surface area contributed by atoms with Crippen molar-refractivity contribution >= 4 is 5.96 Å². The van der Waals surface area contributed by atoms with Crippen LogP contribution >= 0.6 is 0 Å². The van der Waals surface area contributed by atoms with Crippen LogP contribution < -0.4 is 10.6 Å². The van der Waals surface area contributed by atoms with E-state index in [-0.39, 0.29) is 0 Å². The third-order valence-electron chi connectivity index (χ3n) is 3.52. The molecule has 0 radical (unpaired) electrons. The Kier molecular flexibility index (Phi) is 9.99. The number of methoxy groups -OCH3 is 1. The number of guanidine groups is 1. The molecule has 23 heavy (non-hydrogen) atoms. The summed E-state index contributed by atoms with van der Waals surface area (Å²) in [5, 5.41) is 6.64. The molecule has 1 rings (SSSR count). The molecule has 0 aliphatic heterocycles. The molecular weight excluding hydrogens is 290 g/mol. The molecule has 0 aromatic carbocycles. The fourth-order valence-electron chi connectivity index (χ4n) is 2.14. The monoisotopic (exact) mass is 321 g/mol. The van der Waals surface area contributed by atoms with E-state index in [1.54, 1.807) is 7.11 Å². The second-order valence-electron chi connectivity index (χ2n) is 5.54. The van der Waals surface area contributed by atoms with Crippen molar-refractivity contribution in [2.45, 2.75) is 26.8 Å². The normalized spacial score (nSPS) is 11.8. The average molecular weight is 321 g/mol. The lowest BCUT2D eigenvalue weighted by Crippen LogP contribution is -2.41. The Bertz CT molecular complexity index is 464. The maximum Gasteiger partial charge on any atom is 0.191 e. The molecule has 1 aromatic heterocycles. The van der Waals surface area contributed by atoms with Gasteiger partial charge in [0.2, 0.25) is 0 Å². The van der Waals surface area contributed by atoms with E-state index in [9.17, 15) is 0 Å². The molecule has 0 aliphatic rings. The van der Waals surface area contributed by atoms with Crippen LogP contribution in [0, 0.1) is 6.92 Å². The van der Waals surface area contributed by atoms with E-state index < -0.39 is 0 Å². The first-order chi connectivity index (χ1) is 11.2. The van der Waals surface area contributed by atoms with Crippen molar-refractivity contribution in [3.8, 4) is 0 Å². The van der Waals surface area contributed by atoms with E-state index in [1.807, 2.05) is 12.3 Å². The molecule has 130 valence electrons. The molecule has 1 aromatic rings. The van der Waals surface area contributed by atoms with E-state index >= 15 is 0 Å². The van der Waals surface area contributed by atoms with Crippen LogP contribution in [0.4, 0.5) is 0 Å². The summed E-state index contributed by atoms with van der Waals surface area (Å²) in [5.41, 5.74) is 2.19. The molecule has 0 amide bonds. The Morgan fingerprint density at radius 3 is 2.87 bits per heavy atom. The minimum absolute atomic E-state index is 0.589. The molecular formula is C17H31N5O. The van der Waals surface area contributed by atoms with Gasteiger partial charge in [0.25, 0.3) is 0 Å². The highest BCUT2D eigenvalue weighted by Crippen LogP contribution is 2.04. The number of likely N-dealkylation sites (N-methyl/N-ethyl adjacent to an activating group) is 1. The van der Waals surface area contributed by atoms with Crippen molar-refractivity contribution < 1.29 is 4.74 Å². The van der Waals surface area contributed by atoms with Crippen LogP contribution in [0.3, 0.4) is 0 Å². The molecule has 0 aliphatic carbocycles. The van der Waals surface area contributed by atoms with Gasteiger partial charge in [0.05, 0.1) is 12.2 Å². The zero-order valence-electron chi connectivity index (χ0n) is 14.9. The summed E-state index contributed by atoms with van der Waals surface area (Å²) in [4.78, 5) is 11.3. The minimum atomic E-state index is 0.589. The highest BCUT2D eigenvalue weighted by molar-refractivity contribution is 5.79. The van der Waals surface area contributed by atoms with Gasteiger partial charge in [0.1, 0.15) is 0 Å². The van der Waals surface area contributed by atoms with E-state index in [0.717, 1.165) is 50.9 Å². The quantitative estimate of drug-likeness (QED) is 0.388. The average Bonchev–Trinajstić information content (AvgIpc) is 2.54. The van der Waals surface area contributed by atoms with E-state index in [4.69, 9.17) is 4.74 Å². The van der Waals surface area contributed by atoms with Crippen LogP contribution in [-0.2, 0) is 11.3 Å². The smallest absolute Gasteiger partial charge is 0.191 e. The number of hydrogen-bond donors (Lipinski definition) is 2. The van der Waals surface area contributed by atoms with Crippen LogP contribution in [0.15, 0.2) is 23.3 Å². The molecule has 0 bridgehead atoms. The molecule has 0 unspecified atom stereocenters. The number of nitrogens with zero attached hydrogens (tertiary/aromatic N) is 3.